The van der Waals surface area contributed by atoms with Crippen LogP contribution in [-0.2, 0) is 4.79 Å². The molecule has 4 heterocycles. The second-order valence-corrected chi connectivity index (χ2v) is 7.54. The van der Waals surface area contributed by atoms with Gasteiger partial charge < -0.3 is 9.80 Å². The van der Waals surface area contributed by atoms with Crippen molar-refractivity contribution in [1.29, 1.82) is 0 Å². The summed E-state index contributed by atoms with van der Waals surface area (Å²) in [7, 11) is 0. The van der Waals surface area contributed by atoms with Gasteiger partial charge in [0.1, 0.15) is 0 Å². The SMILES string of the molecule is CC(C)C(=O)N1CCC12CCCN(C(=O)c1cnn3ccccc13)C2. The van der Waals surface area contributed by atoms with Crippen LogP contribution in [0.3, 0.4) is 0 Å². The Bertz CT molecular complexity index is 828. The summed E-state index contributed by atoms with van der Waals surface area (Å²) in [6.07, 6.45) is 6.41. The van der Waals surface area contributed by atoms with Crippen molar-refractivity contribution in [3.8, 4) is 0 Å². The van der Waals surface area contributed by atoms with Crippen molar-refractivity contribution in [3.05, 3.63) is 36.2 Å². The molecule has 2 aliphatic heterocycles. The molecule has 0 aliphatic carbocycles. The number of hydrogen-bond donors (Lipinski definition) is 0. The van der Waals surface area contributed by atoms with E-state index in [9.17, 15) is 9.59 Å². The molecular formula is C19H24N4O2. The molecule has 0 aromatic carbocycles. The van der Waals surface area contributed by atoms with Crippen molar-refractivity contribution in [1.82, 2.24) is 19.4 Å². The number of aromatic nitrogens is 2. The van der Waals surface area contributed by atoms with Gasteiger partial charge in [-0.2, -0.15) is 5.10 Å². The van der Waals surface area contributed by atoms with Crippen LogP contribution in [0.2, 0.25) is 0 Å². The van der Waals surface area contributed by atoms with Gasteiger partial charge in [-0.25, -0.2) is 4.52 Å². The molecule has 2 saturated heterocycles. The molecule has 1 atom stereocenters. The monoisotopic (exact) mass is 340 g/mol. The molecule has 2 aromatic rings. The zero-order chi connectivity index (χ0) is 17.6. The molecule has 2 fully saturated rings. The summed E-state index contributed by atoms with van der Waals surface area (Å²) < 4.78 is 1.73. The van der Waals surface area contributed by atoms with Crippen LogP contribution in [0.4, 0.5) is 0 Å². The number of rotatable bonds is 2. The van der Waals surface area contributed by atoms with Crippen LogP contribution in [-0.4, -0.2) is 56.4 Å². The third-order valence-corrected chi connectivity index (χ3v) is 5.63. The first-order valence-corrected chi connectivity index (χ1v) is 9.05. The van der Waals surface area contributed by atoms with Gasteiger partial charge in [-0.3, -0.25) is 9.59 Å². The van der Waals surface area contributed by atoms with Gasteiger partial charge in [-0.15, -0.1) is 0 Å². The van der Waals surface area contributed by atoms with E-state index >= 15 is 0 Å². The molecule has 2 aromatic heterocycles. The maximum atomic E-state index is 13.1. The number of likely N-dealkylation sites (tertiary alicyclic amines) is 2. The van der Waals surface area contributed by atoms with Crippen LogP contribution in [0, 0.1) is 5.92 Å². The molecule has 132 valence electrons. The van der Waals surface area contributed by atoms with E-state index in [1.807, 2.05) is 48.0 Å². The number of hydrogen-bond acceptors (Lipinski definition) is 3. The zero-order valence-corrected chi connectivity index (χ0v) is 14.8. The van der Waals surface area contributed by atoms with Gasteiger partial charge in [0.05, 0.1) is 22.8 Å². The summed E-state index contributed by atoms with van der Waals surface area (Å²) in [5.41, 5.74) is 1.31. The average molecular weight is 340 g/mol. The van der Waals surface area contributed by atoms with Crippen LogP contribution in [0.1, 0.15) is 43.5 Å². The second kappa shape index (κ2) is 5.86. The molecule has 2 aliphatic rings. The second-order valence-electron chi connectivity index (χ2n) is 7.54. The van der Waals surface area contributed by atoms with E-state index < -0.39 is 0 Å². The maximum Gasteiger partial charge on any atom is 0.257 e. The van der Waals surface area contributed by atoms with Crippen molar-refractivity contribution < 1.29 is 9.59 Å². The van der Waals surface area contributed by atoms with Gasteiger partial charge in [0.15, 0.2) is 0 Å². The van der Waals surface area contributed by atoms with Crippen LogP contribution < -0.4 is 0 Å². The number of carbonyl (C=O) groups is 2. The number of amides is 2. The summed E-state index contributed by atoms with van der Waals surface area (Å²) in [6.45, 7) is 6.08. The smallest absolute Gasteiger partial charge is 0.257 e. The lowest BCUT2D eigenvalue weighted by molar-refractivity contribution is -0.155. The van der Waals surface area contributed by atoms with E-state index in [1.54, 1.807) is 10.7 Å². The minimum Gasteiger partial charge on any atom is -0.336 e. The highest BCUT2D eigenvalue weighted by Crippen LogP contribution is 2.40. The molecule has 1 spiro atoms. The Morgan fingerprint density at radius 2 is 2.04 bits per heavy atom. The van der Waals surface area contributed by atoms with E-state index in [4.69, 9.17) is 0 Å². The normalized spacial score (nSPS) is 23.3. The average Bonchev–Trinajstić information content (AvgIpc) is 3.04. The molecule has 6 heteroatoms. The van der Waals surface area contributed by atoms with Crippen LogP contribution in [0.5, 0.6) is 0 Å². The fraction of sp³-hybridized carbons (Fsp3) is 0.526. The highest BCUT2D eigenvalue weighted by Gasteiger charge is 2.50. The van der Waals surface area contributed by atoms with Crippen molar-refractivity contribution >= 4 is 17.3 Å². The predicted octanol–water partition coefficient (Wildman–Crippen LogP) is 2.20. The molecular weight excluding hydrogens is 316 g/mol. The molecule has 1 unspecified atom stereocenters. The molecule has 4 rings (SSSR count). The summed E-state index contributed by atoms with van der Waals surface area (Å²) in [5.74, 6) is 0.225. The van der Waals surface area contributed by atoms with Gasteiger partial charge in [0.25, 0.3) is 5.91 Å². The van der Waals surface area contributed by atoms with Crippen molar-refractivity contribution in [2.24, 2.45) is 5.92 Å². The van der Waals surface area contributed by atoms with Gasteiger partial charge in [-0.1, -0.05) is 19.9 Å². The summed E-state index contributed by atoms with van der Waals surface area (Å²) in [5, 5.41) is 4.28. The van der Waals surface area contributed by atoms with E-state index in [0.29, 0.717) is 12.1 Å². The summed E-state index contributed by atoms with van der Waals surface area (Å²) >= 11 is 0. The van der Waals surface area contributed by atoms with E-state index in [1.165, 1.54) is 0 Å². The Morgan fingerprint density at radius 1 is 1.20 bits per heavy atom. The lowest BCUT2D eigenvalue weighted by atomic mass is 9.77. The Hall–Kier alpha value is -2.37. The quantitative estimate of drug-likeness (QED) is 0.842. The standard InChI is InChI=1S/C19H24N4O2/c1-14(2)17(24)22-11-8-19(22)7-5-9-21(13-19)18(25)15-12-20-23-10-4-3-6-16(15)23/h3-4,6,10,12,14H,5,7-9,11,13H2,1-2H3. The van der Waals surface area contributed by atoms with Gasteiger partial charge in [0.2, 0.25) is 5.91 Å². The minimum absolute atomic E-state index is 0.00266. The van der Waals surface area contributed by atoms with Crippen molar-refractivity contribution in [2.45, 2.75) is 38.6 Å². The Labute approximate surface area is 147 Å². The summed E-state index contributed by atoms with van der Waals surface area (Å²) in [4.78, 5) is 29.5. The Morgan fingerprint density at radius 3 is 2.76 bits per heavy atom. The van der Waals surface area contributed by atoms with E-state index in [0.717, 1.165) is 37.9 Å². The fourth-order valence-corrected chi connectivity index (χ4v) is 4.18. The highest BCUT2D eigenvalue weighted by molar-refractivity contribution is 6.00. The molecule has 2 amide bonds. The molecule has 6 nitrogen and oxygen atoms in total. The van der Waals surface area contributed by atoms with Crippen molar-refractivity contribution in [2.75, 3.05) is 19.6 Å². The van der Waals surface area contributed by atoms with Crippen LogP contribution >= 0.6 is 0 Å². The number of pyridine rings is 1. The van der Waals surface area contributed by atoms with Gasteiger partial charge >= 0.3 is 0 Å². The lowest BCUT2D eigenvalue weighted by Gasteiger charge is -2.57. The predicted molar refractivity (Wildman–Crippen MR) is 94.2 cm³/mol. The third kappa shape index (κ3) is 2.51. The molecule has 0 radical (unpaired) electrons. The highest BCUT2D eigenvalue weighted by atomic mass is 16.2. The minimum atomic E-state index is -0.155. The first-order valence-electron chi connectivity index (χ1n) is 9.05. The number of fused-ring (bicyclic) bond motifs is 1. The molecule has 0 N–H and O–H groups in total. The molecule has 0 saturated carbocycles. The number of nitrogens with zero attached hydrogens (tertiary/aromatic N) is 4. The number of carbonyl (C=O) groups excluding carboxylic acids is 2. The summed E-state index contributed by atoms with van der Waals surface area (Å²) in [6, 6.07) is 5.73. The van der Waals surface area contributed by atoms with Crippen LogP contribution in [0.15, 0.2) is 30.6 Å². The number of piperidine rings is 1. The van der Waals surface area contributed by atoms with E-state index in [-0.39, 0.29) is 23.3 Å². The Balaban J connectivity index is 1.57. The van der Waals surface area contributed by atoms with E-state index in [2.05, 4.69) is 5.10 Å². The maximum absolute atomic E-state index is 13.1. The van der Waals surface area contributed by atoms with Crippen LogP contribution in [0.25, 0.3) is 5.52 Å². The topological polar surface area (TPSA) is 57.9 Å². The molecule has 25 heavy (non-hydrogen) atoms. The molecule has 0 bridgehead atoms. The largest absolute Gasteiger partial charge is 0.336 e. The van der Waals surface area contributed by atoms with Gasteiger partial charge in [-0.05, 0) is 31.4 Å². The lowest BCUT2D eigenvalue weighted by Crippen LogP contribution is -2.69. The first kappa shape index (κ1) is 16.1. The fourth-order valence-electron chi connectivity index (χ4n) is 4.18. The van der Waals surface area contributed by atoms with Gasteiger partial charge in [0, 0.05) is 31.7 Å². The van der Waals surface area contributed by atoms with Crippen molar-refractivity contribution in [3.63, 3.8) is 0 Å². The Kier molecular flexibility index (Phi) is 3.78. The third-order valence-electron chi connectivity index (χ3n) is 5.63. The zero-order valence-electron chi connectivity index (χ0n) is 14.8. The first-order chi connectivity index (χ1) is 12.0.